The van der Waals surface area contributed by atoms with Gasteiger partial charge in [0.25, 0.3) is 0 Å². The summed E-state index contributed by atoms with van der Waals surface area (Å²) >= 11 is 6.04. The second-order valence-electron chi connectivity index (χ2n) is 8.04. The number of halogens is 1. The molecule has 0 radical (unpaired) electrons. The molecule has 0 unspecified atom stereocenters. The number of para-hydroxylation sites is 2. The molecule has 0 fully saturated rings. The Morgan fingerprint density at radius 1 is 1.03 bits per heavy atom. The van der Waals surface area contributed by atoms with Crippen molar-refractivity contribution in [2.24, 2.45) is 7.05 Å². The summed E-state index contributed by atoms with van der Waals surface area (Å²) in [5.74, 6) is 0.969. The number of aryl methyl sites for hydroxylation is 1. The van der Waals surface area contributed by atoms with E-state index in [4.69, 9.17) is 21.3 Å². The molecule has 0 saturated heterocycles. The molecular weight excluding hydrogens is 414 g/mol. The van der Waals surface area contributed by atoms with E-state index in [1.54, 1.807) is 30.5 Å². The zero-order chi connectivity index (χ0) is 22.2. The first-order valence-electron chi connectivity index (χ1n) is 9.75. The van der Waals surface area contributed by atoms with Crippen LogP contribution in [0, 0.1) is 0 Å². The fraction of sp³-hybridized carbons (Fsp3) is 0.217. The first-order valence-corrected chi connectivity index (χ1v) is 10.1. The Bertz CT molecular complexity index is 1250. The molecule has 0 aliphatic rings. The molecule has 0 atom stereocenters. The first-order chi connectivity index (χ1) is 14.7. The normalized spacial score (nSPS) is 11.5. The molecule has 2 aromatic carbocycles. The van der Waals surface area contributed by atoms with Crippen LogP contribution >= 0.6 is 11.6 Å². The lowest BCUT2D eigenvalue weighted by molar-refractivity contribution is 0.0598. The van der Waals surface area contributed by atoms with E-state index in [-0.39, 0.29) is 0 Å². The van der Waals surface area contributed by atoms with Crippen molar-refractivity contribution >= 4 is 40.2 Å². The second-order valence-corrected chi connectivity index (χ2v) is 8.47. The van der Waals surface area contributed by atoms with Crippen molar-refractivity contribution in [3.8, 4) is 11.5 Å². The van der Waals surface area contributed by atoms with Gasteiger partial charge < -0.3 is 9.30 Å². The van der Waals surface area contributed by atoms with Gasteiger partial charge in [0.1, 0.15) is 11.3 Å². The number of carbonyl (C=O) groups is 1. The van der Waals surface area contributed by atoms with Crippen LogP contribution in [0.25, 0.3) is 22.6 Å². The Balaban J connectivity index is 1.81. The van der Waals surface area contributed by atoms with Gasteiger partial charge in [-0.05, 0) is 57.2 Å². The summed E-state index contributed by atoms with van der Waals surface area (Å²) < 4.78 is 7.57. The smallest absolute Gasteiger partial charge is 0.420 e. The van der Waals surface area contributed by atoms with E-state index >= 15 is 0 Å². The fourth-order valence-corrected chi connectivity index (χ4v) is 3.30. The number of benzene rings is 2. The third kappa shape index (κ3) is 4.36. The Kier molecular flexibility index (Phi) is 5.37. The Labute approximate surface area is 185 Å². The SMILES string of the molecule is Cn1c(-c2cncc(N(C(=O)OC(C)(C)C)c3ccc(Cl)cc3)n2)nc2ccccc21. The number of nitrogens with zero attached hydrogens (tertiary/aromatic N) is 5. The van der Waals surface area contributed by atoms with Gasteiger partial charge in [-0.2, -0.15) is 0 Å². The van der Waals surface area contributed by atoms with Gasteiger partial charge in [0.2, 0.25) is 0 Å². The zero-order valence-electron chi connectivity index (χ0n) is 17.7. The largest absolute Gasteiger partial charge is 0.443 e. The number of imidazole rings is 1. The summed E-state index contributed by atoms with van der Waals surface area (Å²) in [6, 6.07) is 14.7. The number of rotatable bonds is 3. The average Bonchev–Trinajstić information content (AvgIpc) is 3.06. The maximum atomic E-state index is 13.1. The molecule has 8 heteroatoms. The lowest BCUT2D eigenvalue weighted by Crippen LogP contribution is -2.34. The van der Waals surface area contributed by atoms with E-state index in [9.17, 15) is 4.79 Å². The van der Waals surface area contributed by atoms with Crippen LogP contribution in [0.5, 0.6) is 0 Å². The van der Waals surface area contributed by atoms with Crippen LogP contribution in [-0.4, -0.2) is 31.2 Å². The minimum atomic E-state index is -0.676. The summed E-state index contributed by atoms with van der Waals surface area (Å²) in [6.07, 6.45) is 2.58. The third-order valence-electron chi connectivity index (χ3n) is 4.53. The van der Waals surface area contributed by atoms with E-state index in [1.807, 2.05) is 56.7 Å². The highest BCUT2D eigenvalue weighted by Crippen LogP contribution is 2.29. The predicted octanol–water partition coefficient (Wildman–Crippen LogP) is 5.76. The Hall–Kier alpha value is -3.45. The molecular formula is C23H22ClN5O2. The zero-order valence-corrected chi connectivity index (χ0v) is 18.5. The van der Waals surface area contributed by atoms with Gasteiger partial charge >= 0.3 is 6.09 Å². The van der Waals surface area contributed by atoms with E-state index in [0.29, 0.717) is 28.0 Å². The molecule has 1 amide bonds. The molecule has 4 aromatic rings. The Morgan fingerprint density at radius 2 is 1.74 bits per heavy atom. The number of aromatic nitrogens is 4. The molecule has 2 aromatic heterocycles. The van der Waals surface area contributed by atoms with Gasteiger partial charge in [0.15, 0.2) is 11.6 Å². The molecule has 0 N–H and O–H groups in total. The van der Waals surface area contributed by atoms with Crippen molar-refractivity contribution in [1.29, 1.82) is 0 Å². The van der Waals surface area contributed by atoms with E-state index in [2.05, 4.69) is 9.97 Å². The number of amides is 1. The topological polar surface area (TPSA) is 73.1 Å². The highest BCUT2D eigenvalue weighted by atomic mass is 35.5. The van der Waals surface area contributed by atoms with Crippen molar-refractivity contribution in [2.45, 2.75) is 26.4 Å². The molecule has 0 bridgehead atoms. The van der Waals surface area contributed by atoms with Crippen molar-refractivity contribution in [3.05, 3.63) is 65.9 Å². The number of hydrogen-bond donors (Lipinski definition) is 0. The van der Waals surface area contributed by atoms with Gasteiger partial charge in [-0.1, -0.05) is 23.7 Å². The van der Waals surface area contributed by atoms with Gasteiger partial charge in [-0.15, -0.1) is 0 Å². The minimum absolute atomic E-state index is 0.320. The standard InChI is InChI=1S/C23H22ClN5O2/c1-23(2,3)31-22(30)29(16-11-9-15(24)10-12-16)20-14-25-13-18(26-20)21-27-17-7-5-6-8-19(17)28(21)4/h5-14H,1-4H3. The predicted molar refractivity (Wildman–Crippen MR) is 122 cm³/mol. The molecule has 0 aliphatic carbocycles. The van der Waals surface area contributed by atoms with Crippen LogP contribution in [0.2, 0.25) is 5.02 Å². The molecule has 0 spiro atoms. The van der Waals surface area contributed by atoms with Crippen LogP contribution in [0.1, 0.15) is 20.8 Å². The highest BCUT2D eigenvalue weighted by molar-refractivity contribution is 6.30. The van der Waals surface area contributed by atoms with E-state index in [1.165, 1.54) is 11.1 Å². The van der Waals surface area contributed by atoms with Crippen molar-refractivity contribution < 1.29 is 9.53 Å². The lowest BCUT2D eigenvalue weighted by Gasteiger charge is -2.26. The minimum Gasteiger partial charge on any atom is -0.443 e. The van der Waals surface area contributed by atoms with E-state index in [0.717, 1.165) is 11.0 Å². The summed E-state index contributed by atoms with van der Waals surface area (Å²) in [5, 5.41) is 0.562. The van der Waals surface area contributed by atoms with Crippen LogP contribution in [0.15, 0.2) is 60.9 Å². The van der Waals surface area contributed by atoms with Gasteiger partial charge in [0, 0.05) is 12.1 Å². The first kappa shape index (κ1) is 20.8. The average molecular weight is 436 g/mol. The highest BCUT2D eigenvalue weighted by Gasteiger charge is 2.27. The van der Waals surface area contributed by atoms with Crippen LogP contribution in [0.4, 0.5) is 16.3 Å². The van der Waals surface area contributed by atoms with Crippen molar-refractivity contribution in [2.75, 3.05) is 4.90 Å². The number of anilines is 2. The van der Waals surface area contributed by atoms with Crippen LogP contribution in [-0.2, 0) is 11.8 Å². The van der Waals surface area contributed by atoms with Gasteiger partial charge in [-0.3, -0.25) is 4.98 Å². The number of ether oxygens (including phenoxy) is 1. The Morgan fingerprint density at radius 3 is 2.42 bits per heavy atom. The molecule has 2 heterocycles. The van der Waals surface area contributed by atoms with Crippen molar-refractivity contribution in [1.82, 2.24) is 19.5 Å². The maximum Gasteiger partial charge on any atom is 0.420 e. The quantitative estimate of drug-likeness (QED) is 0.409. The molecule has 0 saturated carbocycles. The lowest BCUT2D eigenvalue weighted by atomic mass is 10.2. The molecule has 158 valence electrons. The summed E-state index contributed by atoms with van der Waals surface area (Å²) in [5.41, 5.74) is 2.26. The number of fused-ring (bicyclic) bond motifs is 1. The van der Waals surface area contributed by atoms with Crippen LogP contribution in [0.3, 0.4) is 0 Å². The van der Waals surface area contributed by atoms with Gasteiger partial charge in [0.05, 0.1) is 29.1 Å². The molecule has 4 rings (SSSR count). The van der Waals surface area contributed by atoms with E-state index < -0.39 is 11.7 Å². The van der Waals surface area contributed by atoms with Gasteiger partial charge in [-0.25, -0.2) is 19.7 Å². The maximum absolute atomic E-state index is 13.1. The van der Waals surface area contributed by atoms with Crippen molar-refractivity contribution in [3.63, 3.8) is 0 Å². The summed E-state index contributed by atoms with van der Waals surface area (Å²) in [6.45, 7) is 5.44. The molecule has 7 nitrogen and oxygen atoms in total. The third-order valence-corrected chi connectivity index (χ3v) is 4.78. The number of carbonyl (C=O) groups excluding carboxylic acids is 1. The molecule has 0 aliphatic heterocycles. The fourth-order valence-electron chi connectivity index (χ4n) is 3.17. The summed E-state index contributed by atoms with van der Waals surface area (Å²) in [4.78, 5) is 28.2. The second kappa shape index (κ2) is 8.00. The monoisotopic (exact) mass is 435 g/mol. The van der Waals surface area contributed by atoms with Crippen LogP contribution < -0.4 is 4.90 Å². The molecule has 31 heavy (non-hydrogen) atoms. The number of hydrogen-bond acceptors (Lipinski definition) is 5. The summed E-state index contributed by atoms with van der Waals surface area (Å²) in [7, 11) is 1.92.